The number of hydrogen-bond donors (Lipinski definition) is 1. The second-order valence-corrected chi connectivity index (χ2v) is 7.98. The maximum Gasteiger partial charge on any atom is 0.271 e. The molecule has 0 saturated carbocycles. The third kappa shape index (κ3) is 3.49. The third-order valence-corrected chi connectivity index (χ3v) is 5.62. The van der Waals surface area contributed by atoms with Crippen LogP contribution >= 0.6 is 0 Å². The number of non-ortho nitro benzene ring substituents is 1. The van der Waals surface area contributed by atoms with Gasteiger partial charge in [0, 0.05) is 49.9 Å². The summed E-state index contributed by atoms with van der Waals surface area (Å²) in [6, 6.07) is 4.30. The minimum absolute atomic E-state index is 0.0492. The number of nitrogens with zero attached hydrogens (tertiary/aromatic N) is 3. The van der Waals surface area contributed by atoms with Crippen LogP contribution in [0.3, 0.4) is 0 Å². The molecule has 0 radical (unpaired) electrons. The number of rotatable bonds is 3. The Hall–Kier alpha value is -2.46. The van der Waals surface area contributed by atoms with Gasteiger partial charge in [-0.25, -0.2) is 12.7 Å². The van der Waals surface area contributed by atoms with Gasteiger partial charge in [0.2, 0.25) is 10.0 Å². The standard InChI is InChI=1S/C15H18N4O5S/c1-25(23,24)18-6-2-5-17(7-8-18)15(20)13-10-16-14-9-11(19(21)22)3-4-12(13)14/h3-4,9-10,16H,2,5-8H2,1H3. The maximum atomic E-state index is 12.8. The summed E-state index contributed by atoms with van der Waals surface area (Å²) in [6.45, 7) is 1.43. The molecule has 1 fully saturated rings. The number of carbonyl (C=O) groups is 1. The first-order valence-corrected chi connectivity index (χ1v) is 9.62. The first kappa shape index (κ1) is 17.4. The van der Waals surface area contributed by atoms with Gasteiger partial charge in [0.15, 0.2) is 0 Å². The van der Waals surface area contributed by atoms with Crippen LogP contribution in [-0.4, -0.2) is 65.9 Å². The van der Waals surface area contributed by atoms with Gasteiger partial charge >= 0.3 is 0 Å². The Labute approximate surface area is 144 Å². The molecule has 1 saturated heterocycles. The smallest absolute Gasteiger partial charge is 0.271 e. The van der Waals surface area contributed by atoms with Gasteiger partial charge in [0.1, 0.15) is 0 Å². The van der Waals surface area contributed by atoms with Crippen molar-refractivity contribution in [3.05, 3.63) is 40.1 Å². The fourth-order valence-corrected chi connectivity index (χ4v) is 3.88. The molecule has 0 atom stereocenters. The number of carbonyl (C=O) groups excluding carboxylic acids is 1. The Morgan fingerprint density at radius 2 is 2.00 bits per heavy atom. The van der Waals surface area contributed by atoms with Crippen molar-refractivity contribution in [3.8, 4) is 0 Å². The molecule has 1 aliphatic heterocycles. The first-order chi connectivity index (χ1) is 11.8. The van der Waals surface area contributed by atoms with Crippen LogP contribution in [0.2, 0.25) is 0 Å². The van der Waals surface area contributed by atoms with Gasteiger partial charge in [-0.2, -0.15) is 0 Å². The molecule has 1 N–H and O–H groups in total. The second kappa shape index (κ2) is 6.45. The zero-order chi connectivity index (χ0) is 18.2. The lowest BCUT2D eigenvalue weighted by Gasteiger charge is -2.20. The number of nitro groups is 1. The van der Waals surface area contributed by atoms with Crippen LogP contribution in [0.5, 0.6) is 0 Å². The molecule has 0 spiro atoms. The number of benzene rings is 1. The van der Waals surface area contributed by atoms with E-state index in [1.54, 1.807) is 11.0 Å². The van der Waals surface area contributed by atoms with Crippen molar-refractivity contribution in [3.63, 3.8) is 0 Å². The van der Waals surface area contributed by atoms with Gasteiger partial charge in [-0.15, -0.1) is 0 Å². The molecule has 1 amide bonds. The van der Waals surface area contributed by atoms with E-state index in [-0.39, 0.29) is 18.1 Å². The van der Waals surface area contributed by atoms with Crippen LogP contribution in [0.15, 0.2) is 24.4 Å². The maximum absolute atomic E-state index is 12.8. The molecule has 25 heavy (non-hydrogen) atoms. The number of aromatic nitrogens is 1. The summed E-state index contributed by atoms with van der Waals surface area (Å²) in [5.74, 6) is -0.213. The highest BCUT2D eigenvalue weighted by atomic mass is 32.2. The van der Waals surface area contributed by atoms with E-state index in [2.05, 4.69) is 4.98 Å². The van der Waals surface area contributed by atoms with Crippen molar-refractivity contribution in [1.29, 1.82) is 0 Å². The van der Waals surface area contributed by atoms with Crippen molar-refractivity contribution in [2.24, 2.45) is 0 Å². The first-order valence-electron chi connectivity index (χ1n) is 7.77. The number of fused-ring (bicyclic) bond motifs is 1. The van der Waals surface area contributed by atoms with Crippen molar-refractivity contribution >= 4 is 32.5 Å². The van der Waals surface area contributed by atoms with E-state index in [9.17, 15) is 23.3 Å². The summed E-state index contributed by atoms with van der Waals surface area (Å²) in [5, 5.41) is 11.5. The predicted molar refractivity (Wildman–Crippen MR) is 91.9 cm³/mol. The highest BCUT2D eigenvalue weighted by Crippen LogP contribution is 2.24. The van der Waals surface area contributed by atoms with E-state index in [4.69, 9.17) is 0 Å². The van der Waals surface area contributed by atoms with Crippen LogP contribution < -0.4 is 0 Å². The van der Waals surface area contributed by atoms with E-state index in [1.807, 2.05) is 0 Å². The number of aromatic amines is 1. The largest absolute Gasteiger partial charge is 0.360 e. The molecular weight excluding hydrogens is 348 g/mol. The van der Waals surface area contributed by atoms with Crippen LogP contribution in [0.25, 0.3) is 10.9 Å². The van der Waals surface area contributed by atoms with E-state index < -0.39 is 14.9 Å². The summed E-state index contributed by atoms with van der Waals surface area (Å²) < 4.78 is 24.7. The summed E-state index contributed by atoms with van der Waals surface area (Å²) in [7, 11) is -3.27. The van der Waals surface area contributed by atoms with E-state index in [1.165, 1.54) is 22.6 Å². The molecular formula is C15H18N4O5S. The zero-order valence-electron chi connectivity index (χ0n) is 13.6. The second-order valence-electron chi connectivity index (χ2n) is 6.00. The highest BCUT2D eigenvalue weighted by molar-refractivity contribution is 7.88. The fraction of sp³-hybridized carbons (Fsp3) is 0.400. The SMILES string of the molecule is CS(=O)(=O)N1CCCN(C(=O)c2c[nH]c3cc([N+](=O)[O-])ccc23)CC1. The van der Waals surface area contributed by atoms with Gasteiger partial charge in [-0.05, 0) is 12.5 Å². The van der Waals surface area contributed by atoms with Gasteiger partial charge in [0.25, 0.3) is 11.6 Å². The summed E-state index contributed by atoms with van der Waals surface area (Å²) in [4.78, 5) is 27.7. The lowest BCUT2D eigenvalue weighted by molar-refractivity contribution is -0.384. The van der Waals surface area contributed by atoms with Gasteiger partial charge in [0.05, 0.1) is 22.3 Å². The van der Waals surface area contributed by atoms with Gasteiger partial charge < -0.3 is 9.88 Å². The van der Waals surface area contributed by atoms with Crippen LogP contribution in [0, 0.1) is 10.1 Å². The lowest BCUT2D eigenvalue weighted by atomic mass is 10.1. The normalized spacial score (nSPS) is 16.8. The molecule has 2 aromatic rings. The van der Waals surface area contributed by atoms with Gasteiger partial charge in [-0.1, -0.05) is 0 Å². The average Bonchev–Trinajstić information content (AvgIpc) is 2.79. The molecule has 2 heterocycles. The highest BCUT2D eigenvalue weighted by Gasteiger charge is 2.26. The molecule has 134 valence electrons. The number of H-pyrrole nitrogens is 1. The molecule has 1 aromatic carbocycles. The Morgan fingerprint density at radius 3 is 2.68 bits per heavy atom. The van der Waals surface area contributed by atoms with Crippen LogP contribution in [0.1, 0.15) is 16.8 Å². The van der Waals surface area contributed by atoms with Crippen molar-refractivity contribution in [2.75, 3.05) is 32.4 Å². The van der Waals surface area contributed by atoms with Crippen molar-refractivity contribution < 1.29 is 18.1 Å². The predicted octanol–water partition coefficient (Wildman–Crippen LogP) is 1.18. The van der Waals surface area contributed by atoms with Crippen LogP contribution in [0.4, 0.5) is 5.69 Å². The quantitative estimate of drug-likeness (QED) is 0.647. The Morgan fingerprint density at radius 1 is 1.24 bits per heavy atom. The Bertz CT molecular complexity index is 937. The van der Waals surface area contributed by atoms with Crippen molar-refractivity contribution in [2.45, 2.75) is 6.42 Å². The number of nitro benzene ring substituents is 1. The minimum Gasteiger partial charge on any atom is -0.360 e. The molecule has 9 nitrogen and oxygen atoms in total. The fourth-order valence-electron chi connectivity index (χ4n) is 3.00. The topological polar surface area (TPSA) is 117 Å². The van der Waals surface area contributed by atoms with Crippen LogP contribution in [-0.2, 0) is 10.0 Å². The lowest BCUT2D eigenvalue weighted by Crippen LogP contribution is -2.36. The Kier molecular flexibility index (Phi) is 4.48. The molecule has 10 heteroatoms. The molecule has 0 unspecified atom stereocenters. The van der Waals surface area contributed by atoms with Gasteiger partial charge in [-0.3, -0.25) is 14.9 Å². The number of sulfonamides is 1. The molecule has 0 aliphatic carbocycles. The number of amides is 1. The number of nitrogens with one attached hydrogen (secondary N) is 1. The van der Waals surface area contributed by atoms with E-state index in [0.717, 1.165) is 6.26 Å². The van der Waals surface area contributed by atoms with E-state index >= 15 is 0 Å². The summed E-state index contributed by atoms with van der Waals surface area (Å²) in [6.07, 6.45) is 3.26. The van der Waals surface area contributed by atoms with E-state index in [0.29, 0.717) is 42.5 Å². The summed E-state index contributed by atoms with van der Waals surface area (Å²) in [5.41, 5.74) is 0.898. The minimum atomic E-state index is -3.27. The van der Waals surface area contributed by atoms with Crippen molar-refractivity contribution in [1.82, 2.24) is 14.2 Å². The average molecular weight is 366 g/mol. The Balaban J connectivity index is 1.83. The number of hydrogen-bond acceptors (Lipinski definition) is 5. The molecule has 1 aromatic heterocycles. The molecule has 1 aliphatic rings. The monoisotopic (exact) mass is 366 g/mol. The molecule has 3 rings (SSSR count). The molecule has 0 bridgehead atoms. The third-order valence-electron chi connectivity index (χ3n) is 4.32. The zero-order valence-corrected chi connectivity index (χ0v) is 14.5. The summed E-state index contributed by atoms with van der Waals surface area (Å²) >= 11 is 0.